The van der Waals surface area contributed by atoms with E-state index in [9.17, 15) is 18.0 Å². The fraction of sp³-hybridized carbons (Fsp3) is 0.462. The number of hydrogen-bond acceptors (Lipinski definition) is 3. The number of nitrogens with one attached hydrogen (secondary N) is 2. The number of alkyl halides is 3. The van der Waals surface area contributed by atoms with Crippen LogP contribution in [0, 0.1) is 5.92 Å². The first kappa shape index (κ1) is 14.6. The molecule has 7 heteroatoms. The summed E-state index contributed by atoms with van der Waals surface area (Å²) in [5.74, 6) is 0.158. The molecule has 1 aliphatic heterocycles. The summed E-state index contributed by atoms with van der Waals surface area (Å²) in [5.41, 5.74) is 0.810. The van der Waals surface area contributed by atoms with Crippen LogP contribution in [-0.4, -0.2) is 31.8 Å². The molecule has 1 aromatic carbocycles. The normalized spacial score (nSPS) is 15.6. The zero-order valence-corrected chi connectivity index (χ0v) is 10.7. The Balaban J connectivity index is 1.77. The van der Waals surface area contributed by atoms with Crippen molar-refractivity contribution in [1.29, 1.82) is 0 Å². The Kier molecular flexibility index (Phi) is 4.49. The van der Waals surface area contributed by atoms with Gasteiger partial charge >= 0.3 is 6.18 Å². The zero-order valence-electron chi connectivity index (χ0n) is 10.7. The van der Waals surface area contributed by atoms with E-state index in [-0.39, 0.29) is 17.6 Å². The van der Waals surface area contributed by atoms with Crippen LogP contribution in [0.1, 0.15) is 5.56 Å². The second-order valence-electron chi connectivity index (χ2n) is 4.62. The third-order valence-corrected chi connectivity index (χ3v) is 2.94. The van der Waals surface area contributed by atoms with Gasteiger partial charge in [-0.1, -0.05) is 12.1 Å². The van der Waals surface area contributed by atoms with Crippen LogP contribution in [0.15, 0.2) is 24.3 Å². The number of halogens is 3. The summed E-state index contributed by atoms with van der Waals surface area (Å²) in [7, 11) is 0. The first-order chi connectivity index (χ1) is 9.44. The van der Waals surface area contributed by atoms with E-state index < -0.39 is 12.8 Å². The van der Waals surface area contributed by atoms with Crippen molar-refractivity contribution in [3.8, 4) is 5.75 Å². The smallest absolute Gasteiger partial charge is 0.422 e. The molecule has 1 aliphatic rings. The number of hydrogen-bond donors (Lipinski definition) is 2. The molecule has 0 saturated carbocycles. The molecule has 0 radical (unpaired) electrons. The zero-order chi connectivity index (χ0) is 14.6. The van der Waals surface area contributed by atoms with Crippen LogP contribution in [0.2, 0.25) is 0 Å². The maximum Gasteiger partial charge on any atom is 0.422 e. The van der Waals surface area contributed by atoms with Gasteiger partial charge in [-0.15, -0.1) is 0 Å². The van der Waals surface area contributed by atoms with Gasteiger partial charge in [0.25, 0.3) is 0 Å². The molecule has 0 bridgehead atoms. The summed E-state index contributed by atoms with van der Waals surface area (Å²) < 4.78 is 40.5. The molecular weight excluding hydrogens is 273 g/mol. The molecule has 0 atom stereocenters. The monoisotopic (exact) mass is 288 g/mol. The highest BCUT2D eigenvalue weighted by Gasteiger charge is 2.28. The third kappa shape index (κ3) is 4.41. The van der Waals surface area contributed by atoms with Gasteiger partial charge < -0.3 is 15.4 Å². The van der Waals surface area contributed by atoms with Gasteiger partial charge in [0.1, 0.15) is 5.75 Å². The van der Waals surface area contributed by atoms with Gasteiger partial charge in [-0.05, 0) is 17.7 Å². The second kappa shape index (κ2) is 6.13. The molecule has 20 heavy (non-hydrogen) atoms. The summed E-state index contributed by atoms with van der Waals surface area (Å²) in [6, 6.07) is 6.17. The Hall–Kier alpha value is -1.76. The lowest BCUT2D eigenvalue weighted by Crippen LogP contribution is -2.50. The Morgan fingerprint density at radius 3 is 2.45 bits per heavy atom. The molecule has 1 fully saturated rings. The number of carbonyl (C=O) groups is 1. The van der Waals surface area contributed by atoms with Crippen LogP contribution in [0.25, 0.3) is 0 Å². The molecule has 1 aromatic rings. The van der Waals surface area contributed by atoms with Crippen molar-refractivity contribution in [3.05, 3.63) is 29.8 Å². The molecule has 0 spiro atoms. The molecule has 2 rings (SSSR count). The minimum Gasteiger partial charge on any atom is -0.484 e. The topological polar surface area (TPSA) is 50.4 Å². The number of amides is 1. The van der Waals surface area contributed by atoms with E-state index in [0.717, 1.165) is 5.56 Å². The standard InChI is InChI=1S/C13H15F3N2O2/c14-13(15,16)8-20-11-3-1-9(2-4-11)5-18-12(19)10-6-17-7-10/h1-4,10,17H,5-8H2,(H,18,19). The van der Waals surface area contributed by atoms with Gasteiger partial charge in [0.05, 0.1) is 5.92 Å². The lowest BCUT2D eigenvalue weighted by atomic mass is 10.0. The Labute approximate surface area is 114 Å². The summed E-state index contributed by atoms with van der Waals surface area (Å²) >= 11 is 0. The van der Waals surface area contributed by atoms with Crippen LogP contribution in [0.3, 0.4) is 0 Å². The minimum absolute atomic E-state index is 0.0128. The van der Waals surface area contributed by atoms with Crippen molar-refractivity contribution in [2.75, 3.05) is 19.7 Å². The Bertz CT molecular complexity index is 456. The number of rotatable bonds is 5. The van der Waals surface area contributed by atoms with Crippen LogP contribution in [-0.2, 0) is 11.3 Å². The second-order valence-corrected chi connectivity index (χ2v) is 4.62. The summed E-state index contributed by atoms with van der Waals surface area (Å²) in [6.45, 7) is 0.429. The number of ether oxygens (including phenoxy) is 1. The van der Waals surface area contributed by atoms with Gasteiger partial charge in [-0.3, -0.25) is 4.79 Å². The van der Waals surface area contributed by atoms with E-state index in [1.807, 2.05) is 0 Å². The number of benzene rings is 1. The third-order valence-electron chi connectivity index (χ3n) is 2.94. The minimum atomic E-state index is -4.34. The molecule has 1 heterocycles. The first-order valence-electron chi connectivity index (χ1n) is 6.21. The van der Waals surface area contributed by atoms with Gasteiger partial charge in [0, 0.05) is 19.6 Å². The van der Waals surface area contributed by atoms with Gasteiger partial charge in [-0.2, -0.15) is 13.2 Å². The van der Waals surface area contributed by atoms with Crippen molar-refractivity contribution in [2.45, 2.75) is 12.7 Å². The van der Waals surface area contributed by atoms with Crippen molar-refractivity contribution in [2.24, 2.45) is 5.92 Å². The van der Waals surface area contributed by atoms with E-state index in [0.29, 0.717) is 19.6 Å². The highest BCUT2D eigenvalue weighted by Crippen LogP contribution is 2.18. The van der Waals surface area contributed by atoms with Crippen LogP contribution in [0.5, 0.6) is 5.75 Å². The Morgan fingerprint density at radius 1 is 1.30 bits per heavy atom. The molecular formula is C13H15F3N2O2. The molecule has 1 amide bonds. The quantitative estimate of drug-likeness (QED) is 0.862. The van der Waals surface area contributed by atoms with E-state index >= 15 is 0 Å². The predicted octanol–water partition coefficient (Wildman–Crippen LogP) is 1.46. The Morgan fingerprint density at radius 2 is 1.95 bits per heavy atom. The predicted molar refractivity (Wildman–Crippen MR) is 66.2 cm³/mol. The SMILES string of the molecule is O=C(NCc1ccc(OCC(F)(F)F)cc1)C1CNC1. The van der Waals surface area contributed by atoms with Crippen LogP contribution in [0.4, 0.5) is 13.2 Å². The average Bonchev–Trinajstić information content (AvgIpc) is 2.32. The van der Waals surface area contributed by atoms with E-state index in [1.165, 1.54) is 12.1 Å². The maximum atomic E-state index is 12.0. The van der Waals surface area contributed by atoms with Crippen molar-refractivity contribution < 1.29 is 22.7 Å². The summed E-state index contributed by atoms with van der Waals surface area (Å²) in [4.78, 5) is 11.6. The first-order valence-corrected chi connectivity index (χ1v) is 6.21. The van der Waals surface area contributed by atoms with Crippen molar-refractivity contribution in [3.63, 3.8) is 0 Å². The largest absolute Gasteiger partial charge is 0.484 e. The van der Waals surface area contributed by atoms with Crippen molar-refractivity contribution >= 4 is 5.91 Å². The fourth-order valence-electron chi connectivity index (χ4n) is 1.68. The van der Waals surface area contributed by atoms with Crippen LogP contribution < -0.4 is 15.4 Å². The molecule has 4 nitrogen and oxygen atoms in total. The fourth-order valence-corrected chi connectivity index (χ4v) is 1.68. The highest BCUT2D eigenvalue weighted by atomic mass is 19.4. The molecule has 1 saturated heterocycles. The highest BCUT2D eigenvalue weighted by molar-refractivity contribution is 5.79. The van der Waals surface area contributed by atoms with Crippen molar-refractivity contribution in [1.82, 2.24) is 10.6 Å². The molecule has 0 aromatic heterocycles. The average molecular weight is 288 g/mol. The van der Waals surface area contributed by atoms with Gasteiger partial charge in [0.2, 0.25) is 5.91 Å². The van der Waals surface area contributed by atoms with E-state index in [4.69, 9.17) is 0 Å². The summed E-state index contributed by atoms with van der Waals surface area (Å²) in [5, 5.41) is 5.78. The lowest BCUT2D eigenvalue weighted by Gasteiger charge is -2.25. The maximum absolute atomic E-state index is 12.0. The van der Waals surface area contributed by atoms with Gasteiger partial charge in [-0.25, -0.2) is 0 Å². The molecule has 0 unspecified atom stereocenters. The summed E-state index contributed by atoms with van der Waals surface area (Å²) in [6.07, 6.45) is -4.34. The molecule has 2 N–H and O–H groups in total. The van der Waals surface area contributed by atoms with Gasteiger partial charge in [0.15, 0.2) is 6.61 Å². The van der Waals surface area contributed by atoms with E-state index in [2.05, 4.69) is 15.4 Å². The molecule has 0 aliphatic carbocycles. The van der Waals surface area contributed by atoms with Crippen LogP contribution >= 0.6 is 0 Å². The van der Waals surface area contributed by atoms with E-state index in [1.54, 1.807) is 12.1 Å². The lowest BCUT2D eigenvalue weighted by molar-refractivity contribution is -0.153. The molecule has 110 valence electrons. The number of carbonyl (C=O) groups excluding carboxylic acids is 1.